The summed E-state index contributed by atoms with van der Waals surface area (Å²) in [6, 6.07) is 4.15. The fraction of sp³-hybridized carbons (Fsp3) is 0.333. The summed E-state index contributed by atoms with van der Waals surface area (Å²) in [4.78, 5) is 9.45. The zero-order valence-corrected chi connectivity index (χ0v) is 9.69. The van der Waals surface area contributed by atoms with E-state index in [1.54, 1.807) is 0 Å². The number of nitro benzene ring substituents is 1. The number of hydrogen-bond acceptors (Lipinski definition) is 5. The van der Waals surface area contributed by atoms with E-state index in [0.29, 0.717) is 0 Å². The largest absolute Gasteiger partial charge is 0.297 e. The molecule has 0 fully saturated rings. The molecular weight excluding hydrogens is 252 g/mol. The zero-order valence-electron chi connectivity index (χ0n) is 8.87. The number of rotatable bonds is 5. The van der Waals surface area contributed by atoms with Gasteiger partial charge in [-0.25, -0.2) is 4.39 Å². The highest BCUT2D eigenvalue weighted by atomic mass is 32.2. The molecule has 0 saturated carbocycles. The van der Waals surface area contributed by atoms with Gasteiger partial charge in [-0.1, -0.05) is 0 Å². The highest BCUT2D eigenvalue weighted by Gasteiger charge is 2.17. The lowest BCUT2D eigenvalue weighted by molar-refractivity contribution is -0.384. The number of nitrogens with zero attached hydrogens (tertiary/aromatic N) is 1. The summed E-state index contributed by atoms with van der Waals surface area (Å²) >= 11 is 0. The number of halogens is 1. The summed E-state index contributed by atoms with van der Waals surface area (Å²) < 4.78 is 39.8. The van der Waals surface area contributed by atoms with Gasteiger partial charge in [-0.2, -0.15) is 8.42 Å². The van der Waals surface area contributed by atoms with Crippen LogP contribution >= 0.6 is 0 Å². The van der Waals surface area contributed by atoms with E-state index in [2.05, 4.69) is 4.18 Å². The van der Waals surface area contributed by atoms with Crippen molar-refractivity contribution >= 4 is 15.8 Å². The van der Waals surface area contributed by atoms with Crippen molar-refractivity contribution in [3.63, 3.8) is 0 Å². The van der Waals surface area contributed by atoms with E-state index in [-0.39, 0.29) is 10.6 Å². The number of alkyl halides is 1. The third-order valence-electron chi connectivity index (χ3n) is 1.79. The van der Waals surface area contributed by atoms with E-state index < -0.39 is 27.8 Å². The zero-order chi connectivity index (χ0) is 13.1. The fourth-order valence-electron chi connectivity index (χ4n) is 0.986. The minimum Gasteiger partial charge on any atom is -0.263 e. The highest BCUT2D eigenvalue weighted by molar-refractivity contribution is 7.86. The van der Waals surface area contributed by atoms with Crippen molar-refractivity contribution in [1.82, 2.24) is 0 Å². The smallest absolute Gasteiger partial charge is 0.263 e. The Morgan fingerprint density at radius 2 is 1.94 bits per heavy atom. The molecule has 0 aliphatic carbocycles. The Bertz CT molecular complexity index is 497. The molecule has 1 atom stereocenters. The Hall–Kier alpha value is -1.54. The van der Waals surface area contributed by atoms with Gasteiger partial charge in [-0.3, -0.25) is 14.3 Å². The van der Waals surface area contributed by atoms with Gasteiger partial charge in [0.1, 0.15) is 6.17 Å². The molecule has 94 valence electrons. The van der Waals surface area contributed by atoms with Crippen molar-refractivity contribution < 1.29 is 21.9 Å². The number of non-ortho nitro benzene ring substituents is 1. The summed E-state index contributed by atoms with van der Waals surface area (Å²) in [5, 5.41) is 10.4. The van der Waals surface area contributed by atoms with Crippen LogP contribution < -0.4 is 0 Å². The maximum Gasteiger partial charge on any atom is 0.297 e. The van der Waals surface area contributed by atoms with Crippen LogP contribution in [0.25, 0.3) is 0 Å². The van der Waals surface area contributed by atoms with Crippen molar-refractivity contribution in [2.45, 2.75) is 18.0 Å². The highest BCUT2D eigenvalue weighted by Crippen LogP contribution is 2.17. The molecule has 0 bridgehead atoms. The maximum atomic E-state index is 12.4. The second-order valence-corrected chi connectivity index (χ2v) is 4.89. The predicted molar refractivity (Wildman–Crippen MR) is 56.8 cm³/mol. The van der Waals surface area contributed by atoms with Crippen LogP contribution in [-0.2, 0) is 14.3 Å². The monoisotopic (exact) mass is 262 g/mol. The van der Waals surface area contributed by atoms with E-state index in [1.165, 1.54) is 0 Å². The van der Waals surface area contributed by atoms with Gasteiger partial charge in [0.15, 0.2) is 0 Å². The molecule has 1 rings (SSSR count). The first-order chi connectivity index (χ1) is 7.83. The van der Waals surface area contributed by atoms with Crippen LogP contribution in [0.1, 0.15) is 6.92 Å². The van der Waals surface area contributed by atoms with E-state index in [4.69, 9.17) is 0 Å². The molecule has 1 unspecified atom stereocenters. The minimum atomic E-state index is -4.06. The molecule has 0 aromatic heterocycles. The van der Waals surface area contributed by atoms with Gasteiger partial charge in [0.2, 0.25) is 0 Å². The molecule has 0 radical (unpaired) electrons. The first kappa shape index (κ1) is 13.5. The summed E-state index contributed by atoms with van der Waals surface area (Å²) in [6.07, 6.45) is -1.41. The van der Waals surface area contributed by atoms with E-state index in [0.717, 1.165) is 31.2 Å². The molecule has 8 heteroatoms. The van der Waals surface area contributed by atoms with Crippen molar-refractivity contribution in [3.8, 4) is 0 Å². The van der Waals surface area contributed by atoms with Gasteiger partial charge >= 0.3 is 0 Å². The van der Waals surface area contributed by atoms with Gasteiger partial charge in [-0.15, -0.1) is 0 Å². The third-order valence-corrected chi connectivity index (χ3v) is 3.08. The average molecular weight is 262 g/mol. The lowest BCUT2D eigenvalue weighted by atomic mass is 10.3. The van der Waals surface area contributed by atoms with E-state index in [1.807, 2.05) is 0 Å². The van der Waals surface area contributed by atoms with Crippen molar-refractivity contribution in [2.75, 3.05) is 6.61 Å². The minimum absolute atomic E-state index is 0.234. The van der Waals surface area contributed by atoms with Crippen LogP contribution in [0, 0.1) is 10.1 Å². The van der Waals surface area contributed by atoms with Crippen LogP contribution in [0.3, 0.4) is 0 Å². The lowest BCUT2D eigenvalue weighted by Crippen LogP contribution is -2.13. The summed E-state index contributed by atoms with van der Waals surface area (Å²) in [5.74, 6) is 0. The van der Waals surface area contributed by atoms with Crippen LogP contribution in [0.2, 0.25) is 0 Å². The van der Waals surface area contributed by atoms with Crippen LogP contribution in [0.15, 0.2) is 29.2 Å². The topological polar surface area (TPSA) is 86.5 Å². The Labute approximate surface area is 97.3 Å². The van der Waals surface area contributed by atoms with Gasteiger partial charge in [0, 0.05) is 12.1 Å². The van der Waals surface area contributed by atoms with Crippen LogP contribution in [0.4, 0.5) is 10.1 Å². The SMILES string of the molecule is CC([18F])COS(=O)(=O)c1ccc([N+](=O)[O-])cc1. The summed E-state index contributed by atoms with van der Waals surface area (Å²) in [7, 11) is -4.06. The van der Waals surface area contributed by atoms with Gasteiger partial charge < -0.3 is 0 Å². The molecule has 0 heterocycles. The normalized spacial score (nSPS) is 13.3. The molecule has 0 amide bonds. The number of benzene rings is 1. The molecule has 6 nitrogen and oxygen atoms in total. The molecule has 1 aromatic rings. The number of nitro groups is 1. The van der Waals surface area contributed by atoms with Crippen LogP contribution in [0.5, 0.6) is 0 Å². The molecule has 0 aliphatic rings. The second-order valence-electron chi connectivity index (χ2n) is 3.27. The van der Waals surface area contributed by atoms with E-state index in [9.17, 15) is 22.9 Å². The fourth-order valence-corrected chi connectivity index (χ4v) is 1.96. The third kappa shape index (κ3) is 3.75. The van der Waals surface area contributed by atoms with Crippen LogP contribution in [-0.4, -0.2) is 26.1 Å². The average Bonchev–Trinajstić information content (AvgIpc) is 2.27. The lowest BCUT2D eigenvalue weighted by Gasteiger charge is -2.05. The standard InChI is InChI=1S/C9H10FNO5S/c1-7(10)6-16-17(14,15)9-4-2-8(3-5-9)11(12)13/h2-5,7H,6H2,1H3/i10-1. The maximum absolute atomic E-state index is 12.4. The van der Waals surface area contributed by atoms with Gasteiger partial charge in [0.05, 0.1) is 16.4 Å². The molecule has 0 spiro atoms. The molecule has 0 N–H and O–H groups in total. The quantitative estimate of drug-likeness (QED) is 0.457. The van der Waals surface area contributed by atoms with Gasteiger partial charge in [0.25, 0.3) is 15.8 Å². The summed E-state index contributed by atoms with van der Waals surface area (Å²) in [6.45, 7) is 0.574. The van der Waals surface area contributed by atoms with Crippen molar-refractivity contribution in [3.05, 3.63) is 34.4 Å². The molecule has 1 aromatic carbocycles. The Morgan fingerprint density at radius 3 is 2.35 bits per heavy atom. The Morgan fingerprint density at radius 1 is 1.41 bits per heavy atom. The van der Waals surface area contributed by atoms with E-state index >= 15 is 0 Å². The first-order valence-electron chi connectivity index (χ1n) is 4.61. The molecule has 17 heavy (non-hydrogen) atoms. The Balaban J connectivity index is 2.89. The van der Waals surface area contributed by atoms with Crippen molar-refractivity contribution in [2.24, 2.45) is 0 Å². The molecular formula is C9H10FNO5S. The molecule has 0 aliphatic heterocycles. The predicted octanol–water partition coefficient (Wildman–Crippen LogP) is 1.66. The summed E-state index contributed by atoms with van der Waals surface area (Å²) in [5.41, 5.74) is -0.234. The second kappa shape index (κ2) is 5.19. The van der Waals surface area contributed by atoms with Gasteiger partial charge in [-0.05, 0) is 19.1 Å². The van der Waals surface area contributed by atoms with Crippen molar-refractivity contribution in [1.29, 1.82) is 0 Å². The number of hydrogen-bond donors (Lipinski definition) is 0. The molecule has 0 saturated heterocycles. The first-order valence-corrected chi connectivity index (χ1v) is 6.01. The Kier molecular flexibility index (Phi) is 4.13.